The average Bonchev–Trinajstić information content (AvgIpc) is 2.28. The van der Waals surface area contributed by atoms with E-state index in [4.69, 9.17) is 16.2 Å². The summed E-state index contributed by atoms with van der Waals surface area (Å²) in [5.41, 5.74) is 11.2. The Morgan fingerprint density at radius 2 is 1.88 bits per heavy atom. The molecule has 0 aliphatic rings. The number of allylic oxidation sites excluding steroid dienone is 1. The Hall–Kier alpha value is -2.24. The number of nitrogens with zero attached hydrogens (tertiary/aromatic N) is 1. The van der Waals surface area contributed by atoms with E-state index in [2.05, 4.69) is 0 Å². The summed E-state index contributed by atoms with van der Waals surface area (Å²) in [6.07, 6.45) is 0. The van der Waals surface area contributed by atoms with Crippen molar-refractivity contribution >= 4 is 0 Å². The SMILES string of the molecule is COc1ccc(C(C)C(=C(N)N)[N+](=O)[O-])cc1. The molecule has 0 heterocycles. The molecule has 1 rings (SSSR count). The van der Waals surface area contributed by atoms with Gasteiger partial charge in [0.25, 0.3) is 5.70 Å². The van der Waals surface area contributed by atoms with Crippen molar-refractivity contribution in [1.29, 1.82) is 0 Å². The first-order chi connectivity index (χ1) is 7.97. The van der Waals surface area contributed by atoms with E-state index in [0.29, 0.717) is 5.75 Å². The third-order valence-corrected chi connectivity index (χ3v) is 2.52. The van der Waals surface area contributed by atoms with Crippen LogP contribution >= 0.6 is 0 Å². The van der Waals surface area contributed by atoms with Gasteiger partial charge >= 0.3 is 0 Å². The predicted octanol–water partition coefficient (Wildman–Crippen LogP) is 1.16. The second kappa shape index (κ2) is 5.20. The topological polar surface area (TPSA) is 104 Å². The van der Waals surface area contributed by atoms with Crippen LogP contribution in [0.25, 0.3) is 0 Å². The van der Waals surface area contributed by atoms with E-state index < -0.39 is 10.8 Å². The van der Waals surface area contributed by atoms with Crippen LogP contribution < -0.4 is 16.2 Å². The number of nitro groups is 1. The molecule has 0 aromatic heterocycles. The number of hydrogen-bond acceptors (Lipinski definition) is 5. The highest BCUT2D eigenvalue weighted by molar-refractivity contribution is 5.32. The van der Waals surface area contributed by atoms with Gasteiger partial charge in [-0.1, -0.05) is 12.1 Å². The van der Waals surface area contributed by atoms with Crippen LogP contribution in [0.4, 0.5) is 0 Å². The fourth-order valence-corrected chi connectivity index (χ4v) is 1.56. The zero-order valence-corrected chi connectivity index (χ0v) is 9.71. The molecule has 0 amide bonds. The molecule has 0 bridgehead atoms. The molecule has 0 spiro atoms. The minimum atomic E-state index is -0.551. The molecule has 0 fully saturated rings. The van der Waals surface area contributed by atoms with Gasteiger partial charge in [-0.3, -0.25) is 10.1 Å². The fraction of sp³-hybridized carbons (Fsp3) is 0.273. The van der Waals surface area contributed by atoms with Gasteiger partial charge in [-0.05, 0) is 24.6 Å². The summed E-state index contributed by atoms with van der Waals surface area (Å²) in [4.78, 5) is 10.3. The number of ether oxygens (including phenoxy) is 1. The molecule has 0 radical (unpaired) electrons. The largest absolute Gasteiger partial charge is 0.497 e. The fourth-order valence-electron chi connectivity index (χ4n) is 1.56. The van der Waals surface area contributed by atoms with Crippen molar-refractivity contribution in [3.63, 3.8) is 0 Å². The zero-order valence-electron chi connectivity index (χ0n) is 9.71. The van der Waals surface area contributed by atoms with E-state index in [1.807, 2.05) is 0 Å². The summed E-state index contributed by atoms with van der Waals surface area (Å²) >= 11 is 0. The third kappa shape index (κ3) is 2.87. The number of methoxy groups -OCH3 is 1. The van der Waals surface area contributed by atoms with Gasteiger partial charge in [0.05, 0.1) is 18.0 Å². The van der Waals surface area contributed by atoms with E-state index in [-0.39, 0.29) is 11.5 Å². The summed E-state index contributed by atoms with van der Waals surface area (Å²) in [5, 5.41) is 10.8. The van der Waals surface area contributed by atoms with Crippen molar-refractivity contribution < 1.29 is 9.66 Å². The van der Waals surface area contributed by atoms with Crippen LogP contribution in [0.15, 0.2) is 35.8 Å². The van der Waals surface area contributed by atoms with Gasteiger partial charge in [-0.2, -0.15) is 0 Å². The predicted molar refractivity (Wildman–Crippen MR) is 63.8 cm³/mol. The standard InChI is InChI=1S/C11H15N3O3/c1-7(10(11(12)13)14(15)16)8-3-5-9(17-2)6-4-8/h3-7H,12-13H2,1-2H3. The molecule has 17 heavy (non-hydrogen) atoms. The van der Waals surface area contributed by atoms with Crippen molar-refractivity contribution in [1.82, 2.24) is 0 Å². The Kier molecular flexibility index (Phi) is 3.92. The van der Waals surface area contributed by atoms with E-state index >= 15 is 0 Å². The summed E-state index contributed by atoms with van der Waals surface area (Å²) < 4.78 is 5.01. The minimum absolute atomic E-state index is 0.185. The molecule has 0 aliphatic heterocycles. The molecule has 1 aromatic rings. The Balaban J connectivity index is 3.06. The molecule has 0 aliphatic carbocycles. The van der Waals surface area contributed by atoms with Crippen molar-refractivity contribution in [3.05, 3.63) is 51.5 Å². The Bertz CT molecular complexity index is 436. The molecular formula is C11H15N3O3. The van der Waals surface area contributed by atoms with Gasteiger partial charge < -0.3 is 16.2 Å². The molecule has 1 aromatic carbocycles. The summed E-state index contributed by atoms with van der Waals surface area (Å²) in [6, 6.07) is 6.96. The summed E-state index contributed by atoms with van der Waals surface area (Å²) in [7, 11) is 1.55. The maximum absolute atomic E-state index is 10.8. The molecule has 6 nitrogen and oxygen atoms in total. The summed E-state index contributed by atoms with van der Waals surface area (Å²) in [6.45, 7) is 1.68. The Morgan fingerprint density at radius 1 is 1.35 bits per heavy atom. The van der Waals surface area contributed by atoms with Gasteiger partial charge in [-0.15, -0.1) is 0 Å². The number of rotatable bonds is 4. The van der Waals surface area contributed by atoms with Gasteiger partial charge in [0.15, 0.2) is 5.82 Å². The quantitative estimate of drug-likeness (QED) is 0.604. The molecule has 0 saturated heterocycles. The lowest BCUT2D eigenvalue weighted by Crippen LogP contribution is -2.20. The van der Waals surface area contributed by atoms with E-state index in [1.54, 1.807) is 38.3 Å². The van der Waals surface area contributed by atoms with Crippen LogP contribution in [-0.2, 0) is 0 Å². The maximum atomic E-state index is 10.8. The zero-order chi connectivity index (χ0) is 13.0. The molecule has 0 saturated carbocycles. The highest BCUT2D eigenvalue weighted by Crippen LogP contribution is 2.26. The van der Waals surface area contributed by atoms with Crippen molar-refractivity contribution in [3.8, 4) is 5.75 Å². The lowest BCUT2D eigenvalue weighted by molar-refractivity contribution is -0.431. The van der Waals surface area contributed by atoms with Crippen molar-refractivity contribution in [2.45, 2.75) is 12.8 Å². The van der Waals surface area contributed by atoms with Crippen LogP contribution in [0.5, 0.6) is 5.75 Å². The number of hydrogen-bond donors (Lipinski definition) is 2. The first-order valence-corrected chi connectivity index (χ1v) is 5.00. The molecule has 1 unspecified atom stereocenters. The van der Waals surface area contributed by atoms with Crippen LogP contribution in [0, 0.1) is 10.1 Å². The normalized spacial score (nSPS) is 11.6. The second-order valence-corrected chi connectivity index (χ2v) is 3.59. The minimum Gasteiger partial charge on any atom is -0.497 e. The van der Waals surface area contributed by atoms with E-state index in [1.165, 1.54) is 0 Å². The van der Waals surface area contributed by atoms with Crippen LogP contribution in [0.1, 0.15) is 18.4 Å². The van der Waals surface area contributed by atoms with Gasteiger partial charge in [0.2, 0.25) is 0 Å². The second-order valence-electron chi connectivity index (χ2n) is 3.59. The average molecular weight is 237 g/mol. The van der Waals surface area contributed by atoms with Crippen LogP contribution in [0.3, 0.4) is 0 Å². The summed E-state index contributed by atoms with van der Waals surface area (Å²) in [5.74, 6) is -0.0486. The highest BCUT2D eigenvalue weighted by atomic mass is 16.6. The number of nitrogens with two attached hydrogens (primary N) is 2. The van der Waals surface area contributed by atoms with Crippen LogP contribution in [0.2, 0.25) is 0 Å². The first-order valence-electron chi connectivity index (χ1n) is 5.00. The Labute approximate surface area is 99.0 Å². The molecule has 92 valence electrons. The van der Waals surface area contributed by atoms with Crippen LogP contribution in [-0.4, -0.2) is 12.0 Å². The van der Waals surface area contributed by atoms with E-state index in [9.17, 15) is 10.1 Å². The highest BCUT2D eigenvalue weighted by Gasteiger charge is 2.25. The van der Waals surface area contributed by atoms with E-state index in [0.717, 1.165) is 5.56 Å². The van der Waals surface area contributed by atoms with Crippen molar-refractivity contribution in [2.75, 3.05) is 7.11 Å². The number of benzene rings is 1. The smallest absolute Gasteiger partial charge is 0.292 e. The maximum Gasteiger partial charge on any atom is 0.292 e. The lowest BCUT2D eigenvalue weighted by Gasteiger charge is -2.10. The van der Waals surface area contributed by atoms with Crippen molar-refractivity contribution in [2.24, 2.45) is 11.5 Å². The third-order valence-electron chi connectivity index (χ3n) is 2.52. The van der Waals surface area contributed by atoms with Gasteiger partial charge in [-0.25, -0.2) is 0 Å². The molecule has 6 heteroatoms. The molecular weight excluding hydrogens is 222 g/mol. The van der Waals surface area contributed by atoms with Gasteiger partial charge in [0.1, 0.15) is 5.75 Å². The lowest BCUT2D eigenvalue weighted by atomic mass is 9.97. The molecule has 1 atom stereocenters. The monoisotopic (exact) mass is 237 g/mol. The Morgan fingerprint density at radius 3 is 2.24 bits per heavy atom. The first kappa shape index (κ1) is 12.8. The molecule has 4 N–H and O–H groups in total. The van der Waals surface area contributed by atoms with Gasteiger partial charge in [0, 0.05) is 0 Å².